The minimum Gasteiger partial charge on any atom is -0.488 e. The first kappa shape index (κ1) is 20.0. The van der Waals surface area contributed by atoms with Crippen molar-refractivity contribution in [1.29, 1.82) is 0 Å². The van der Waals surface area contributed by atoms with E-state index in [1.54, 1.807) is 13.1 Å². The number of hydrogen-bond acceptors (Lipinski definition) is 6. The van der Waals surface area contributed by atoms with Gasteiger partial charge in [-0.1, -0.05) is 0 Å². The molecule has 2 aromatic heterocycles. The molecule has 3 aromatic rings. The highest BCUT2D eigenvalue weighted by Crippen LogP contribution is 2.34. The monoisotopic (exact) mass is 410 g/mol. The van der Waals surface area contributed by atoms with Crippen LogP contribution in [0.25, 0.3) is 22.0 Å². The summed E-state index contributed by atoms with van der Waals surface area (Å²) in [5.74, 6) is 0.117. The average molecular weight is 410 g/mol. The number of carbonyl (C=O) groups is 1. The molecule has 1 amide bonds. The standard InChI is InChI=1S/C22H23FN4O3/c1-13-18-8-15(16-9-19(23)22(29-3)24-11-16)10-20(21(18)26-12-25-13)30-17-4-6-27(7-5-17)14(2)28/h8-12,17H,4-7H2,1-3H3. The molecule has 30 heavy (non-hydrogen) atoms. The Balaban J connectivity index is 1.71. The SMILES string of the molecule is COc1ncc(-c2cc(OC3CCN(C(C)=O)CC3)c3ncnc(C)c3c2)cc1F. The number of aryl methyl sites for hydroxylation is 1. The summed E-state index contributed by atoms with van der Waals surface area (Å²) in [6.07, 6.45) is 4.54. The number of aromatic nitrogens is 3. The number of benzene rings is 1. The molecule has 156 valence electrons. The summed E-state index contributed by atoms with van der Waals surface area (Å²) in [5.41, 5.74) is 2.88. The molecule has 1 aliphatic heterocycles. The van der Waals surface area contributed by atoms with Crippen molar-refractivity contribution in [2.24, 2.45) is 0 Å². The highest BCUT2D eigenvalue weighted by molar-refractivity contribution is 5.91. The van der Waals surface area contributed by atoms with E-state index in [2.05, 4.69) is 15.0 Å². The van der Waals surface area contributed by atoms with Crippen molar-refractivity contribution in [2.75, 3.05) is 20.2 Å². The molecule has 1 fully saturated rings. The van der Waals surface area contributed by atoms with Crippen molar-refractivity contribution >= 4 is 16.8 Å². The Kier molecular flexibility index (Phi) is 5.48. The second kappa shape index (κ2) is 8.22. The van der Waals surface area contributed by atoms with E-state index in [1.807, 2.05) is 24.0 Å². The van der Waals surface area contributed by atoms with Crippen LogP contribution in [0.15, 0.2) is 30.7 Å². The first-order valence-electron chi connectivity index (χ1n) is 9.83. The lowest BCUT2D eigenvalue weighted by Crippen LogP contribution is -2.40. The molecule has 0 bridgehead atoms. The smallest absolute Gasteiger partial charge is 0.250 e. The zero-order valence-corrected chi connectivity index (χ0v) is 17.2. The van der Waals surface area contributed by atoms with Gasteiger partial charge in [-0.2, -0.15) is 0 Å². The molecule has 3 heterocycles. The predicted octanol–water partition coefficient (Wildman–Crippen LogP) is 3.54. The second-order valence-corrected chi connectivity index (χ2v) is 7.37. The van der Waals surface area contributed by atoms with Crippen LogP contribution in [0, 0.1) is 12.7 Å². The second-order valence-electron chi connectivity index (χ2n) is 7.37. The molecular weight excluding hydrogens is 387 g/mol. The molecule has 0 unspecified atom stereocenters. The third-order valence-electron chi connectivity index (χ3n) is 5.42. The van der Waals surface area contributed by atoms with Gasteiger partial charge in [0, 0.05) is 55.7 Å². The Morgan fingerprint density at radius 3 is 2.57 bits per heavy atom. The number of nitrogens with zero attached hydrogens (tertiary/aromatic N) is 4. The van der Waals surface area contributed by atoms with Gasteiger partial charge in [0.1, 0.15) is 23.7 Å². The molecule has 1 aliphatic rings. The molecule has 8 heteroatoms. The van der Waals surface area contributed by atoms with E-state index in [0.717, 1.165) is 29.5 Å². The highest BCUT2D eigenvalue weighted by Gasteiger charge is 2.23. The van der Waals surface area contributed by atoms with Crippen molar-refractivity contribution in [3.05, 3.63) is 42.2 Å². The number of rotatable bonds is 4. The number of methoxy groups -OCH3 is 1. The van der Waals surface area contributed by atoms with E-state index < -0.39 is 5.82 Å². The van der Waals surface area contributed by atoms with Gasteiger partial charge in [0.05, 0.1) is 7.11 Å². The Hall–Kier alpha value is -3.29. The molecule has 0 aliphatic carbocycles. The largest absolute Gasteiger partial charge is 0.488 e. The number of ether oxygens (including phenoxy) is 2. The number of carbonyl (C=O) groups excluding carboxylic acids is 1. The van der Waals surface area contributed by atoms with Crippen molar-refractivity contribution in [2.45, 2.75) is 32.8 Å². The summed E-state index contributed by atoms with van der Waals surface area (Å²) in [4.78, 5) is 26.1. The van der Waals surface area contributed by atoms with Crippen LogP contribution in [-0.4, -0.2) is 52.1 Å². The van der Waals surface area contributed by atoms with Gasteiger partial charge in [0.25, 0.3) is 0 Å². The number of likely N-dealkylation sites (tertiary alicyclic amines) is 1. The summed E-state index contributed by atoms with van der Waals surface area (Å²) in [7, 11) is 1.38. The van der Waals surface area contributed by atoms with Gasteiger partial charge in [-0.25, -0.2) is 19.3 Å². The normalized spacial score (nSPS) is 14.7. The number of piperidine rings is 1. The topological polar surface area (TPSA) is 77.4 Å². The van der Waals surface area contributed by atoms with E-state index in [0.29, 0.717) is 29.9 Å². The number of amides is 1. The zero-order valence-electron chi connectivity index (χ0n) is 17.2. The van der Waals surface area contributed by atoms with Gasteiger partial charge >= 0.3 is 0 Å². The van der Waals surface area contributed by atoms with Crippen LogP contribution >= 0.6 is 0 Å². The molecule has 0 N–H and O–H groups in total. The first-order valence-corrected chi connectivity index (χ1v) is 9.83. The van der Waals surface area contributed by atoms with E-state index in [-0.39, 0.29) is 17.9 Å². The molecule has 4 rings (SSSR count). The Morgan fingerprint density at radius 2 is 1.90 bits per heavy atom. The van der Waals surface area contributed by atoms with E-state index in [4.69, 9.17) is 9.47 Å². The maximum atomic E-state index is 14.2. The quantitative estimate of drug-likeness (QED) is 0.655. The molecule has 0 atom stereocenters. The fraction of sp³-hybridized carbons (Fsp3) is 0.364. The fourth-order valence-electron chi connectivity index (χ4n) is 3.72. The molecule has 0 saturated carbocycles. The van der Waals surface area contributed by atoms with Gasteiger partial charge in [0.2, 0.25) is 11.8 Å². The van der Waals surface area contributed by atoms with Crippen molar-refractivity contribution in [1.82, 2.24) is 19.9 Å². The fourth-order valence-corrected chi connectivity index (χ4v) is 3.72. The van der Waals surface area contributed by atoms with Gasteiger partial charge in [0.15, 0.2) is 5.82 Å². The third-order valence-corrected chi connectivity index (χ3v) is 5.42. The molecule has 0 spiro atoms. The molecule has 1 aromatic carbocycles. The minimum absolute atomic E-state index is 0.0277. The summed E-state index contributed by atoms with van der Waals surface area (Å²) in [5, 5.41) is 0.836. The van der Waals surface area contributed by atoms with Gasteiger partial charge < -0.3 is 14.4 Å². The van der Waals surface area contributed by atoms with Crippen LogP contribution in [0.2, 0.25) is 0 Å². The van der Waals surface area contributed by atoms with Crippen molar-refractivity contribution in [3.63, 3.8) is 0 Å². The summed E-state index contributed by atoms with van der Waals surface area (Å²) < 4.78 is 25.5. The Bertz CT molecular complexity index is 1100. The maximum absolute atomic E-state index is 14.2. The van der Waals surface area contributed by atoms with E-state index in [9.17, 15) is 9.18 Å². The van der Waals surface area contributed by atoms with Crippen LogP contribution in [0.5, 0.6) is 11.6 Å². The van der Waals surface area contributed by atoms with Gasteiger partial charge in [-0.05, 0) is 30.7 Å². The van der Waals surface area contributed by atoms with E-state index >= 15 is 0 Å². The molecular formula is C22H23FN4O3. The summed E-state index contributed by atoms with van der Waals surface area (Å²) in [6, 6.07) is 5.16. The predicted molar refractivity (Wildman–Crippen MR) is 110 cm³/mol. The maximum Gasteiger partial charge on any atom is 0.250 e. The minimum atomic E-state index is -0.532. The molecule has 1 saturated heterocycles. The zero-order chi connectivity index (χ0) is 21.3. The number of halogens is 1. The highest BCUT2D eigenvalue weighted by atomic mass is 19.1. The van der Waals surface area contributed by atoms with Crippen LogP contribution in [0.1, 0.15) is 25.5 Å². The molecule has 7 nitrogen and oxygen atoms in total. The molecule has 0 radical (unpaired) electrons. The lowest BCUT2D eigenvalue weighted by Gasteiger charge is -2.31. The van der Waals surface area contributed by atoms with Crippen LogP contribution in [0.4, 0.5) is 4.39 Å². The number of pyridine rings is 1. The van der Waals surface area contributed by atoms with Crippen LogP contribution < -0.4 is 9.47 Å². The number of fused-ring (bicyclic) bond motifs is 1. The first-order chi connectivity index (χ1) is 14.5. The van der Waals surface area contributed by atoms with E-state index in [1.165, 1.54) is 19.5 Å². The van der Waals surface area contributed by atoms with Crippen LogP contribution in [-0.2, 0) is 4.79 Å². The van der Waals surface area contributed by atoms with Crippen LogP contribution in [0.3, 0.4) is 0 Å². The Morgan fingerprint density at radius 1 is 1.13 bits per heavy atom. The average Bonchev–Trinajstić information content (AvgIpc) is 2.74. The van der Waals surface area contributed by atoms with Gasteiger partial charge in [-0.3, -0.25) is 4.79 Å². The van der Waals surface area contributed by atoms with Gasteiger partial charge in [-0.15, -0.1) is 0 Å². The Labute approximate surface area is 173 Å². The van der Waals surface area contributed by atoms with Crippen molar-refractivity contribution in [3.8, 4) is 22.8 Å². The summed E-state index contributed by atoms with van der Waals surface area (Å²) >= 11 is 0. The lowest BCUT2D eigenvalue weighted by atomic mass is 10.0. The lowest BCUT2D eigenvalue weighted by molar-refractivity contribution is -0.130. The third kappa shape index (κ3) is 3.90. The van der Waals surface area contributed by atoms with Crippen molar-refractivity contribution < 1.29 is 18.7 Å². The number of hydrogen-bond donors (Lipinski definition) is 0. The summed E-state index contributed by atoms with van der Waals surface area (Å²) in [6.45, 7) is 4.81.